The Labute approximate surface area is 111 Å². The van der Waals surface area contributed by atoms with Gasteiger partial charge in [-0.3, -0.25) is 10.1 Å². The van der Waals surface area contributed by atoms with Gasteiger partial charge in [0.1, 0.15) is 6.04 Å². The molecule has 1 aliphatic rings. The number of carboxylic acid groups (broad SMARTS) is 1. The van der Waals surface area contributed by atoms with Crippen LogP contribution >= 0.6 is 11.3 Å². The summed E-state index contributed by atoms with van der Waals surface area (Å²) in [5.74, 6) is -0.822. The quantitative estimate of drug-likeness (QED) is 0.831. The minimum absolute atomic E-state index is 0.164. The molecule has 1 aromatic rings. The Morgan fingerprint density at radius 2 is 2.50 bits per heavy atom. The van der Waals surface area contributed by atoms with Crippen molar-refractivity contribution in [3.8, 4) is 0 Å². The van der Waals surface area contributed by atoms with Crippen molar-refractivity contribution in [1.29, 1.82) is 0 Å². The Morgan fingerprint density at radius 3 is 3.06 bits per heavy atom. The Kier molecular flexibility index (Phi) is 4.74. The number of hydrogen-bond acceptors (Lipinski definition) is 4. The first-order chi connectivity index (χ1) is 8.70. The molecule has 5 heteroatoms. The number of carbonyl (C=O) groups is 1. The van der Waals surface area contributed by atoms with E-state index in [9.17, 15) is 9.90 Å². The number of rotatable bonds is 6. The number of ether oxygens (including phenoxy) is 1. The van der Waals surface area contributed by atoms with E-state index in [0.29, 0.717) is 6.54 Å². The van der Waals surface area contributed by atoms with Crippen molar-refractivity contribution in [2.45, 2.75) is 38.3 Å². The van der Waals surface area contributed by atoms with Crippen LogP contribution in [0.4, 0.5) is 0 Å². The highest BCUT2D eigenvalue weighted by molar-refractivity contribution is 7.12. The lowest BCUT2D eigenvalue weighted by molar-refractivity contribution is -0.139. The van der Waals surface area contributed by atoms with E-state index in [1.165, 1.54) is 4.88 Å². The largest absolute Gasteiger partial charge is 0.480 e. The number of aliphatic carboxylic acids is 1. The van der Waals surface area contributed by atoms with Crippen molar-refractivity contribution < 1.29 is 14.6 Å². The third-order valence-electron chi connectivity index (χ3n) is 3.14. The van der Waals surface area contributed by atoms with E-state index < -0.39 is 12.0 Å². The van der Waals surface area contributed by atoms with Gasteiger partial charge in [-0.15, -0.1) is 11.3 Å². The zero-order chi connectivity index (χ0) is 13.0. The summed E-state index contributed by atoms with van der Waals surface area (Å²) < 4.78 is 5.49. The van der Waals surface area contributed by atoms with Crippen LogP contribution in [-0.4, -0.2) is 30.3 Å². The summed E-state index contributed by atoms with van der Waals surface area (Å²) in [6.45, 7) is 3.48. The second kappa shape index (κ2) is 6.31. The molecule has 1 fully saturated rings. The van der Waals surface area contributed by atoms with Gasteiger partial charge >= 0.3 is 5.97 Å². The molecular formula is C13H19NO3S. The average molecular weight is 269 g/mol. The smallest absolute Gasteiger partial charge is 0.326 e. The van der Waals surface area contributed by atoms with E-state index in [2.05, 4.69) is 12.2 Å². The first-order valence-corrected chi connectivity index (χ1v) is 7.18. The fraction of sp³-hybridized carbons (Fsp3) is 0.615. The Morgan fingerprint density at radius 1 is 1.67 bits per heavy atom. The van der Waals surface area contributed by atoms with Gasteiger partial charge in [-0.25, -0.2) is 0 Å². The fourth-order valence-corrected chi connectivity index (χ4v) is 3.13. The molecular weight excluding hydrogens is 250 g/mol. The first-order valence-electron chi connectivity index (χ1n) is 6.37. The lowest BCUT2D eigenvalue weighted by atomic mass is 10.2. The standard InChI is InChI=1S/C13H19NO3S/c1-2-10-5-6-11(18-10)12(13(15)16)14-8-9-4-3-7-17-9/h5-6,9,12,14H,2-4,7-8H2,1H3,(H,15,16). The second-order valence-electron chi connectivity index (χ2n) is 4.47. The Bertz CT molecular complexity index is 399. The topological polar surface area (TPSA) is 58.6 Å². The zero-order valence-corrected chi connectivity index (χ0v) is 11.3. The van der Waals surface area contributed by atoms with E-state index in [-0.39, 0.29) is 6.10 Å². The molecule has 1 saturated heterocycles. The molecule has 4 nitrogen and oxygen atoms in total. The van der Waals surface area contributed by atoms with E-state index in [1.807, 2.05) is 12.1 Å². The van der Waals surface area contributed by atoms with Crippen LogP contribution in [0.25, 0.3) is 0 Å². The van der Waals surface area contributed by atoms with Crippen LogP contribution in [0.5, 0.6) is 0 Å². The van der Waals surface area contributed by atoms with Gasteiger partial charge in [0.15, 0.2) is 0 Å². The first kappa shape index (κ1) is 13.5. The predicted octanol–water partition coefficient (Wildman–Crippen LogP) is 2.20. The van der Waals surface area contributed by atoms with Crippen molar-refractivity contribution in [3.05, 3.63) is 21.9 Å². The molecule has 2 unspecified atom stereocenters. The van der Waals surface area contributed by atoms with Crippen LogP contribution in [0.1, 0.15) is 35.6 Å². The third-order valence-corrected chi connectivity index (χ3v) is 4.43. The van der Waals surface area contributed by atoms with Gasteiger partial charge in [0.2, 0.25) is 0 Å². The minimum atomic E-state index is -0.822. The van der Waals surface area contributed by atoms with Gasteiger partial charge in [-0.1, -0.05) is 6.92 Å². The van der Waals surface area contributed by atoms with Crippen molar-refractivity contribution in [3.63, 3.8) is 0 Å². The van der Waals surface area contributed by atoms with Crippen molar-refractivity contribution in [2.24, 2.45) is 0 Å². The molecule has 0 amide bonds. The molecule has 2 heterocycles. The third kappa shape index (κ3) is 3.31. The molecule has 0 bridgehead atoms. The number of nitrogens with one attached hydrogen (secondary N) is 1. The van der Waals surface area contributed by atoms with E-state index in [1.54, 1.807) is 11.3 Å². The Hall–Kier alpha value is -0.910. The molecule has 0 aliphatic carbocycles. The highest BCUT2D eigenvalue weighted by atomic mass is 32.1. The van der Waals surface area contributed by atoms with E-state index in [0.717, 1.165) is 30.7 Å². The maximum atomic E-state index is 11.3. The van der Waals surface area contributed by atoms with E-state index >= 15 is 0 Å². The summed E-state index contributed by atoms with van der Waals surface area (Å²) in [5, 5.41) is 12.4. The molecule has 1 aromatic heterocycles. The van der Waals surface area contributed by atoms with E-state index in [4.69, 9.17) is 4.74 Å². The second-order valence-corrected chi connectivity index (χ2v) is 5.67. The lowest BCUT2D eigenvalue weighted by Crippen LogP contribution is -2.33. The van der Waals surface area contributed by atoms with Crippen molar-refractivity contribution >= 4 is 17.3 Å². The molecule has 0 spiro atoms. The Balaban J connectivity index is 1.96. The van der Waals surface area contributed by atoms with Crippen molar-refractivity contribution in [1.82, 2.24) is 5.32 Å². The van der Waals surface area contributed by atoms with Gasteiger partial charge in [0.25, 0.3) is 0 Å². The summed E-state index contributed by atoms with van der Waals surface area (Å²) >= 11 is 1.57. The SMILES string of the molecule is CCc1ccc(C(NCC2CCCO2)C(=O)O)s1. The van der Waals surface area contributed by atoms with Crippen LogP contribution in [0, 0.1) is 0 Å². The summed E-state index contributed by atoms with van der Waals surface area (Å²) in [4.78, 5) is 13.4. The highest BCUT2D eigenvalue weighted by Gasteiger charge is 2.24. The number of carboxylic acids is 1. The van der Waals surface area contributed by atoms with Crippen molar-refractivity contribution in [2.75, 3.05) is 13.2 Å². The molecule has 1 aliphatic heterocycles. The molecule has 2 rings (SSSR count). The maximum absolute atomic E-state index is 11.3. The van der Waals surface area contributed by atoms with Gasteiger partial charge in [0.05, 0.1) is 6.10 Å². The van der Waals surface area contributed by atoms with Crippen LogP contribution in [0.3, 0.4) is 0 Å². The van der Waals surface area contributed by atoms with Gasteiger partial charge in [0, 0.05) is 22.9 Å². The molecule has 18 heavy (non-hydrogen) atoms. The van der Waals surface area contributed by atoms with Gasteiger partial charge < -0.3 is 9.84 Å². The average Bonchev–Trinajstić information content (AvgIpc) is 2.99. The number of aryl methyl sites for hydroxylation is 1. The summed E-state index contributed by atoms with van der Waals surface area (Å²) in [6, 6.07) is 3.30. The maximum Gasteiger partial charge on any atom is 0.326 e. The summed E-state index contributed by atoms with van der Waals surface area (Å²) in [5.41, 5.74) is 0. The fourth-order valence-electron chi connectivity index (χ4n) is 2.10. The molecule has 100 valence electrons. The molecule has 2 N–H and O–H groups in total. The zero-order valence-electron chi connectivity index (χ0n) is 10.5. The van der Waals surface area contributed by atoms with Crippen LogP contribution < -0.4 is 5.32 Å². The van der Waals surface area contributed by atoms with Gasteiger partial charge in [-0.05, 0) is 31.4 Å². The normalized spacial score (nSPS) is 21.1. The molecule has 0 radical (unpaired) electrons. The highest BCUT2D eigenvalue weighted by Crippen LogP contribution is 2.24. The predicted molar refractivity (Wildman–Crippen MR) is 71.1 cm³/mol. The number of thiophene rings is 1. The monoisotopic (exact) mass is 269 g/mol. The van der Waals surface area contributed by atoms with Gasteiger partial charge in [-0.2, -0.15) is 0 Å². The summed E-state index contributed by atoms with van der Waals surface area (Å²) in [6.07, 6.45) is 3.20. The number of hydrogen-bond donors (Lipinski definition) is 2. The minimum Gasteiger partial charge on any atom is -0.480 e. The van der Waals surface area contributed by atoms with Crippen LogP contribution in [0.15, 0.2) is 12.1 Å². The molecule has 2 atom stereocenters. The molecule has 0 aromatic carbocycles. The van der Waals surface area contributed by atoms with Crippen LogP contribution in [0.2, 0.25) is 0 Å². The molecule has 0 saturated carbocycles. The van der Waals surface area contributed by atoms with Crippen LogP contribution in [-0.2, 0) is 16.0 Å². The lowest BCUT2D eigenvalue weighted by Gasteiger charge is -2.16. The summed E-state index contributed by atoms with van der Waals surface area (Å²) in [7, 11) is 0.